The van der Waals surface area contributed by atoms with Crippen LogP contribution in [0.3, 0.4) is 0 Å². The van der Waals surface area contributed by atoms with E-state index in [1.165, 1.54) is 61.6 Å². The molecule has 2 heterocycles. The van der Waals surface area contributed by atoms with E-state index in [0.717, 1.165) is 45.0 Å². The predicted molar refractivity (Wildman–Crippen MR) is 381 cm³/mol. The predicted octanol–water partition coefficient (Wildman–Crippen LogP) is 22.1. The number of anilines is 12. The van der Waals surface area contributed by atoms with Crippen LogP contribution in [0, 0.1) is 0 Å². The summed E-state index contributed by atoms with van der Waals surface area (Å²) in [4.78, 5) is 9.23. The van der Waals surface area contributed by atoms with Gasteiger partial charge in [0.05, 0.1) is 26.4 Å². The Morgan fingerprint density at radius 3 is 0.966 bits per heavy atom. The smallest absolute Gasteiger partial charge is 0.252 e. The molecule has 88 heavy (non-hydrogen) atoms. The zero-order valence-electron chi connectivity index (χ0n) is 48.0. The minimum absolute atomic E-state index is 0.198. The standard InChI is InChI=1S/C30H21BN2.C30H23ClN2.C13H12.C6H3BrCl2/c1-3-12-22(13-4-1)32-26-18-9-7-16-24(26)31-25-17-8-10-19-27(25)33(23-14-5-2-6-15-23)29-21-11-20-28(32)30(29)31;31-30-28(32(24-14-5-1-6-15-24)25-16-7-2-8-17-25)22-13-23-29(30)33(26-18-9-3-10-19-26)27-20-11-4-12-21-27;1-3-7-12(8-4-1)11-13-9-5-2-6-10-13;7-4-2-1-3-5(8)6(4)9/h1-21H;1-23H;1-10H,11H2;1-3H. The van der Waals surface area contributed by atoms with E-state index in [1.54, 1.807) is 6.07 Å². The van der Waals surface area contributed by atoms with Crippen LogP contribution >= 0.6 is 50.7 Å². The van der Waals surface area contributed by atoms with Crippen molar-refractivity contribution in [2.24, 2.45) is 0 Å². The fourth-order valence-electron chi connectivity index (χ4n) is 11.5. The van der Waals surface area contributed by atoms with Crippen molar-refractivity contribution in [2.75, 3.05) is 19.6 Å². The first-order valence-electron chi connectivity index (χ1n) is 29.2. The number of halogens is 4. The van der Waals surface area contributed by atoms with E-state index in [2.05, 4.69) is 290 Å². The molecule has 0 aromatic heterocycles. The van der Waals surface area contributed by atoms with Gasteiger partial charge in [0.2, 0.25) is 0 Å². The Morgan fingerprint density at radius 2 is 0.602 bits per heavy atom. The number of fused-ring (bicyclic) bond motifs is 4. The van der Waals surface area contributed by atoms with Crippen LogP contribution in [0.25, 0.3) is 0 Å². The maximum Gasteiger partial charge on any atom is 0.252 e. The van der Waals surface area contributed by atoms with E-state index in [4.69, 9.17) is 34.8 Å². The summed E-state index contributed by atoms with van der Waals surface area (Å²) in [5.74, 6) is 0. The lowest BCUT2D eigenvalue weighted by atomic mass is 9.33. The second-order valence-electron chi connectivity index (χ2n) is 20.9. The number of para-hydroxylation sites is 8. The topological polar surface area (TPSA) is 13.0 Å². The lowest BCUT2D eigenvalue weighted by Gasteiger charge is -2.44. The van der Waals surface area contributed by atoms with Crippen LogP contribution in [0.2, 0.25) is 15.1 Å². The fraction of sp³-hybridized carbons (Fsp3) is 0.0127. The van der Waals surface area contributed by atoms with E-state index in [9.17, 15) is 0 Å². The second kappa shape index (κ2) is 28.3. The molecule has 4 nitrogen and oxygen atoms in total. The van der Waals surface area contributed by atoms with Crippen molar-refractivity contribution in [2.45, 2.75) is 6.42 Å². The third kappa shape index (κ3) is 13.1. The van der Waals surface area contributed by atoms with Crippen LogP contribution < -0.4 is 36.0 Å². The molecule has 9 heteroatoms. The summed E-state index contributed by atoms with van der Waals surface area (Å²) in [6, 6.07) is 120. The van der Waals surface area contributed by atoms with Gasteiger partial charge in [-0.3, -0.25) is 0 Å². The Hall–Kier alpha value is -9.53. The Balaban J connectivity index is 0.000000128. The molecule has 13 aromatic rings. The summed E-state index contributed by atoms with van der Waals surface area (Å²) in [7, 11) is 0. The molecule has 0 aliphatic carbocycles. The van der Waals surface area contributed by atoms with Crippen LogP contribution in [-0.4, -0.2) is 6.71 Å². The minimum atomic E-state index is 0.198. The molecule has 0 saturated heterocycles. The third-order valence-corrected chi connectivity index (χ3v) is 17.4. The molecular weight excluding hydrogens is 1200 g/mol. The van der Waals surface area contributed by atoms with Gasteiger partial charge in [0.15, 0.2) is 0 Å². The zero-order chi connectivity index (χ0) is 60.0. The molecular formula is C79H59BBrCl3N4. The van der Waals surface area contributed by atoms with Crippen LogP contribution in [0.15, 0.2) is 350 Å². The van der Waals surface area contributed by atoms with Gasteiger partial charge in [0.1, 0.15) is 0 Å². The van der Waals surface area contributed by atoms with Gasteiger partial charge >= 0.3 is 0 Å². The average Bonchev–Trinajstić information content (AvgIpc) is 0.755. The minimum Gasteiger partial charge on any atom is -0.311 e. The highest BCUT2D eigenvalue weighted by atomic mass is 79.9. The van der Waals surface area contributed by atoms with Gasteiger partial charge in [-0.15, -0.1) is 0 Å². The molecule has 0 unspecified atom stereocenters. The number of hydrogen-bond donors (Lipinski definition) is 0. The van der Waals surface area contributed by atoms with E-state index in [1.807, 2.05) is 84.9 Å². The summed E-state index contributed by atoms with van der Waals surface area (Å²) in [5, 5.41) is 1.82. The van der Waals surface area contributed by atoms with Crippen LogP contribution in [-0.2, 0) is 6.42 Å². The quantitative estimate of drug-likeness (QED) is 0.0999. The molecule has 426 valence electrons. The normalized spacial score (nSPS) is 11.4. The van der Waals surface area contributed by atoms with Gasteiger partial charge in [0, 0.05) is 61.3 Å². The highest BCUT2D eigenvalue weighted by Crippen LogP contribution is 2.47. The molecule has 0 fully saturated rings. The van der Waals surface area contributed by atoms with Gasteiger partial charge in [-0.2, -0.15) is 0 Å². The van der Waals surface area contributed by atoms with Gasteiger partial charge in [-0.25, -0.2) is 0 Å². The first-order valence-corrected chi connectivity index (χ1v) is 31.1. The molecule has 0 N–H and O–H groups in total. The molecule has 15 rings (SSSR count). The first kappa shape index (κ1) is 58.8. The van der Waals surface area contributed by atoms with Crippen molar-refractivity contribution in [3.8, 4) is 0 Å². The zero-order valence-corrected chi connectivity index (χ0v) is 51.8. The molecule has 0 spiro atoms. The molecule has 0 radical (unpaired) electrons. The number of nitrogens with zero attached hydrogens (tertiary/aromatic N) is 4. The Kier molecular flexibility index (Phi) is 18.9. The Morgan fingerprint density at radius 1 is 0.295 bits per heavy atom. The maximum atomic E-state index is 7.21. The highest BCUT2D eigenvalue weighted by Gasteiger charge is 2.42. The van der Waals surface area contributed by atoms with Crippen LogP contribution in [0.5, 0.6) is 0 Å². The highest BCUT2D eigenvalue weighted by molar-refractivity contribution is 9.10. The van der Waals surface area contributed by atoms with E-state index < -0.39 is 0 Å². The summed E-state index contributed by atoms with van der Waals surface area (Å²) in [5.41, 5.74) is 20.2. The molecule has 2 aliphatic heterocycles. The van der Waals surface area contributed by atoms with Gasteiger partial charge in [0.25, 0.3) is 6.71 Å². The number of benzene rings is 13. The largest absolute Gasteiger partial charge is 0.311 e. The summed E-state index contributed by atoms with van der Waals surface area (Å²) in [6.45, 7) is 0.198. The number of hydrogen-bond acceptors (Lipinski definition) is 4. The molecule has 0 amide bonds. The Bertz CT molecular complexity index is 4020. The second-order valence-corrected chi connectivity index (χ2v) is 22.9. The summed E-state index contributed by atoms with van der Waals surface area (Å²) < 4.78 is 0.830. The summed E-state index contributed by atoms with van der Waals surface area (Å²) in [6.07, 6.45) is 1.03. The maximum absolute atomic E-state index is 7.21. The summed E-state index contributed by atoms with van der Waals surface area (Å²) >= 11 is 21.8. The van der Waals surface area contributed by atoms with Crippen LogP contribution in [0.1, 0.15) is 11.1 Å². The monoisotopic (exact) mass is 1260 g/mol. The van der Waals surface area contributed by atoms with Gasteiger partial charge < -0.3 is 19.6 Å². The molecule has 2 aliphatic rings. The molecule has 0 atom stereocenters. The Labute approximate surface area is 540 Å². The fourth-order valence-corrected chi connectivity index (χ4v) is 12.5. The van der Waals surface area contributed by atoms with Gasteiger partial charge in [-0.1, -0.05) is 259 Å². The third-order valence-electron chi connectivity index (χ3n) is 15.3. The van der Waals surface area contributed by atoms with Gasteiger partial charge in [-0.05, 0) is 171 Å². The lowest BCUT2D eigenvalue weighted by Crippen LogP contribution is -2.61. The lowest BCUT2D eigenvalue weighted by molar-refractivity contribution is 1.19. The van der Waals surface area contributed by atoms with E-state index in [0.29, 0.717) is 15.1 Å². The van der Waals surface area contributed by atoms with Crippen LogP contribution in [0.4, 0.5) is 68.2 Å². The van der Waals surface area contributed by atoms with Crippen molar-refractivity contribution in [3.63, 3.8) is 0 Å². The molecule has 0 bridgehead atoms. The molecule has 0 saturated carbocycles. The van der Waals surface area contributed by atoms with E-state index >= 15 is 0 Å². The average molecular weight is 1260 g/mol. The first-order chi connectivity index (χ1) is 43.4. The van der Waals surface area contributed by atoms with Crippen molar-refractivity contribution in [3.05, 3.63) is 376 Å². The van der Waals surface area contributed by atoms with E-state index in [-0.39, 0.29) is 6.71 Å². The van der Waals surface area contributed by atoms with Crippen molar-refractivity contribution < 1.29 is 0 Å². The van der Waals surface area contributed by atoms with Crippen molar-refractivity contribution in [1.29, 1.82) is 0 Å². The number of rotatable bonds is 10. The van der Waals surface area contributed by atoms with Crippen molar-refractivity contribution in [1.82, 2.24) is 0 Å². The SMILES string of the molecule is Clc1c(N(c2ccccc2)c2ccccc2)cccc1N(c1ccccc1)c1ccccc1.Clc1cccc(Br)c1Cl.c1ccc(Cc2ccccc2)cc1.c1ccc(N2c3ccccc3B3c4ccccc4N(c4ccccc4)c4cccc2c43)cc1. The van der Waals surface area contributed by atoms with Crippen molar-refractivity contribution >= 4 is 142 Å². The molecule has 13 aromatic carbocycles.